The number of piperidine rings is 1. The molecule has 0 amide bonds. The normalized spacial score (nSPS) is 16.7. The van der Waals surface area contributed by atoms with E-state index in [-0.39, 0.29) is 0 Å². The second kappa shape index (κ2) is 7.03. The van der Waals surface area contributed by atoms with Gasteiger partial charge in [-0.1, -0.05) is 18.2 Å². The second-order valence-corrected chi connectivity index (χ2v) is 6.82. The molecule has 0 atom stereocenters. The number of aromatic nitrogens is 1. The first-order chi connectivity index (χ1) is 10.7. The monoisotopic (exact) mass is 316 g/mol. The average Bonchev–Trinajstić information content (AvgIpc) is 3.02. The lowest BCUT2D eigenvalue weighted by molar-refractivity contribution is 0.0695. The van der Waals surface area contributed by atoms with E-state index in [2.05, 4.69) is 9.88 Å². The van der Waals surface area contributed by atoms with E-state index in [4.69, 9.17) is 0 Å². The van der Waals surface area contributed by atoms with Crippen LogP contribution in [0.25, 0.3) is 0 Å². The lowest BCUT2D eigenvalue weighted by atomic mass is 9.88. The molecular weight excluding hydrogens is 296 g/mol. The quantitative estimate of drug-likeness (QED) is 0.919. The summed E-state index contributed by atoms with van der Waals surface area (Å²) in [6.45, 7) is 3.15. The number of aromatic carboxylic acids is 1. The van der Waals surface area contributed by atoms with Crippen LogP contribution in [0.15, 0.2) is 36.0 Å². The molecule has 1 N–H and O–H groups in total. The van der Waals surface area contributed by atoms with E-state index in [1.165, 1.54) is 4.88 Å². The highest BCUT2D eigenvalue weighted by molar-refractivity contribution is 7.09. The number of carboxylic acids is 1. The minimum atomic E-state index is -0.821. The molecule has 1 aromatic carbocycles. The van der Waals surface area contributed by atoms with E-state index >= 15 is 0 Å². The van der Waals surface area contributed by atoms with Gasteiger partial charge in [0.05, 0.1) is 11.1 Å². The van der Waals surface area contributed by atoms with Crippen LogP contribution in [0, 0.1) is 5.92 Å². The van der Waals surface area contributed by atoms with Gasteiger partial charge in [0.2, 0.25) is 0 Å². The largest absolute Gasteiger partial charge is 0.478 e. The summed E-state index contributed by atoms with van der Waals surface area (Å²) in [5, 5.41) is 9.27. The zero-order valence-corrected chi connectivity index (χ0v) is 13.3. The van der Waals surface area contributed by atoms with Crippen LogP contribution in [0.1, 0.15) is 33.6 Å². The Morgan fingerprint density at radius 2 is 2.09 bits per heavy atom. The van der Waals surface area contributed by atoms with E-state index in [0.717, 1.165) is 44.5 Å². The van der Waals surface area contributed by atoms with Gasteiger partial charge in [0.1, 0.15) is 0 Å². The zero-order chi connectivity index (χ0) is 15.4. The molecule has 1 fully saturated rings. The Bertz CT molecular complexity index is 619. The van der Waals surface area contributed by atoms with Crippen LogP contribution in [0.2, 0.25) is 0 Å². The van der Waals surface area contributed by atoms with Crippen molar-refractivity contribution < 1.29 is 9.90 Å². The van der Waals surface area contributed by atoms with Crippen LogP contribution in [-0.4, -0.2) is 34.0 Å². The van der Waals surface area contributed by atoms with Crippen LogP contribution in [0.3, 0.4) is 0 Å². The molecule has 1 aliphatic rings. The van der Waals surface area contributed by atoms with E-state index in [0.29, 0.717) is 11.5 Å². The maximum absolute atomic E-state index is 11.3. The molecule has 0 saturated carbocycles. The summed E-state index contributed by atoms with van der Waals surface area (Å²) < 4.78 is 0. The van der Waals surface area contributed by atoms with Gasteiger partial charge >= 0.3 is 5.97 Å². The molecule has 1 saturated heterocycles. The van der Waals surface area contributed by atoms with Crippen molar-refractivity contribution in [3.63, 3.8) is 0 Å². The first-order valence-corrected chi connectivity index (χ1v) is 8.51. The fourth-order valence-electron chi connectivity index (χ4n) is 3.11. The van der Waals surface area contributed by atoms with E-state index in [1.807, 2.05) is 23.8 Å². The number of carboxylic acid groups (broad SMARTS) is 1. The molecule has 1 aliphatic heterocycles. The van der Waals surface area contributed by atoms with Gasteiger partial charge in [0, 0.05) is 17.6 Å². The van der Waals surface area contributed by atoms with Gasteiger partial charge in [0.25, 0.3) is 0 Å². The lowest BCUT2D eigenvalue weighted by Gasteiger charge is -2.31. The van der Waals surface area contributed by atoms with Gasteiger partial charge in [-0.15, -0.1) is 11.3 Å². The topological polar surface area (TPSA) is 53.4 Å². The number of hydrogen-bond acceptors (Lipinski definition) is 4. The molecule has 1 aromatic heterocycles. The van der Waals surface area contributed by atoms with Gasteiger partial charge in [-0.3, -0.25) is 9.88 Å². The van der Waals surface area contributed by atoms with Gasteiger partial charge in [0.15, 0.2) is 0 Å². The molecule has 0 spiro atoms. The molecule has 2 heterocycles. The minimum Gasteiger partial charge on any atom is -0.478 e. The fraction of sp³-hybridized carbons (Fsp3) is 0.412. The molecule has 116 valence electrons. The zero-order valence-electron chi connectivity index (χ0n) is 12.4. The Balaban J connectivity index is 1.55. The minimum absolute atomic E-state index is 0.453. The number of benzene rings is 1. The molecule has 0 bridgehead atoms. The number of hydrogen-bond donors (Lipinski definition) is 1. The number of thiazole rings is 1. The Kier molecular flexibility index (Phi) is 4.85. The third kappa shape index (κ3) is 3.72. The highest BCUT2D eigenvalue weighted by atomic mass is 32.1. The van der Waals surface area contributed by atoms with Crippen molar-refractivity contribution in [2.75, 3.05) is 13.1 Å². The summed E-state index contributed by atoms with van der Waals surface area (Å²) >= 11 is 1.71. The third-order valence-corrected chi connectivity index (χ3v) is 5.09. The Morgan fingerprint density at radius 3 is 2.77 bits per heavy atom. The SMILES string of the molecule is O=C(O)c1ccccc1CC1CCN(Cc2cncs2)CC1. The van der Waals surface area contributed by atoms with Gasteiger partial charge < -0.3 is 5.11 Å². The van der Waals surface area contributed by atoms with E-state index in [9.17, 15) is 9.90 Å². The molecule has 0 radical (unpaired) electrons. The highest BCUT2D eigenvalue weighted by Gasteiger charge is 2.21. The first kappa shape index (κ1) is 15.2. The molecule has 0 aliphatic carbocycles. The van der Waals surface area contributed by atoms with Crippen molar-refractivity contribution in [3.05, 3.63) is 52.0 Å². The standard InChI is InChI=1S/C17H20N2O2S/c20-17(21)16-4-2-1-3-14(16)9-13-5-7-19(8-6-13)11-15-10-18-12-22-15/h1-4,10,12-13H,5-9,11H2,(H,20,21). The van der Waals surface area contributed by atoms with Gasteiger partial charge in [-0.25, -0.2) is 4.79 Å². The third-order valence-electron chi connectivity index (χ3n) is 4.33. The maximum Gasteiger partial charge on any atom is 0.335 e. The lowest BCUT2D eigenvalue weighted by Crippen LogP contribution is -2.33. The molecular formula is C17H20N2O2S. The summed E-state index contributed by atoms with van der Waals surface area (Å²) in [6, 6.07) is 7.38. The molecule has 4 nitrogen and oxygen atoms in total. The first-order valence-electron chi connectivity index (χ1n) is 7.63. The van der Waals surface area contributed by atoms with Crippen LogP contribution in [0.5, 0.6) is 0 Å². The van der Waals surface area contributed by atoms with E-state index < -0.39 is 5.97 Å². The summed E-state index contributed by atoms with van der Waals surface area (Å²) in [5.74, 6) is -0.239. The molecule has 2 aromatic rings. The average molecular weight is 316 g/mol. The number of carbonyl (C=O) groups is 1. The van der Waals surface area contributed by atoms with Crippen molar-refractivity contribution in [1.29, 1.82) is 0 Å². The van der Waals surface area contributed by atoms with Crippen LogP contribution in [0.4, 0.5) is 0 Å². The highest BCUT2D eigenvalue weighted by Crippen LogP contribution is 2.24. The number of likely N-dealkylation sites (tertiary alicyclic amines) is 1. The Hall–Kier alpha value is -1.72. The summed E-state index contributed by atoms with van der Waals surface area (Å²) in [5.41, 5.74) is 3.30. The molecule has 0 unspecified atom stereocenters. The molecule has 22 heavy (non-hydrogen) atoms. The van der Waals surface area contributed by atoms with Crippen LogP contribution in [-0.2, 0) is 13.0 Å². The summed E-state index contributed by atoms with van der Waals surface area (Å²) in [6.07, 6.45) is 5.08. The van der Waals surface area contributed by atoms with Gasteiger partial charge in [-0.2, -0.15) is 0 Å². The van der Waals surface area contributed by atoms with E-state index in [1.54, 1.807) is 23.5 Å². The van der Waals surface area contributed by atoms with Crippen molar-refractivity contribution in [1.82, 2.24) is 9.88 Å². The Labute approximate surface area is 134 Å². The van der Waals surface area contributed by atoms with Crippen molar-refractivity contribution >= 4 is 17.3 Å². The smallest absolute Gasteiger partial charge is 0.335 e. The van der Waals surface area contributed by atoms with Crippen LogP contribution < -0.4 is 0 Å². The van der Waals surface area contributed by atoms with Crippen molar-refractivity contribution in [3.8, 4) is 0 Å². The number of nitrogens with zero attached hydrogens (tertiary/aromatic N) is 2. The summed E-state index contributed by atoms with van der Waals surface area (Å²) in [7, 11) is 0. The Morgan fingerprint density at radius 1 is 1.32 bits per heavy atom. The predicted molar refractivity (Wildman–Crippen MR) is 87.2 cm³/mol. The molecule has 3 rings (SSSR count). The van der Waals surface area contributed by atoms with Crippen LogP contribution >= 0.6 is 11.3 Å². The van der Waals surface area contributed by atoms with Gasteiger partial charge in [-0.05, 0) is 49.9 Å². The molecule has 5 heteroatoms. The summed E-state index contributed by atoms with van der Waals surface area (Å²) in [4.78, 5) is 19.2. The predicted octanol–water partition coefficient (Wildman–Crippen LogP) is 3.30. The fourth-order valence-corrected chi connectivity index (χ4v) is 3.74. The second-order valence-electron chi connectivity index (χ2n) is 5.85. The maximum atomic E-state index is 11.3. The van der Waals surface area contributed by atoms with Crippen molar-refractivity contribution in [2.24, 2.45) is 5.92 Å². The number of rotatable bonds is 5. The van der Waals surface area contributed by atoms with Crippen molar-refractivity contribution in [2.45, 2.75) is 25.8 Å².